The summed E-state index contributed by atoms with van der Waals surface area (Å²) in [5, 5.41) is 0. The summed E-state index contributed by atoms with van der Waals surface area (Å²) < 4.78 is 0. The number of aromatic nitrogens is 1. The van der Waals surface area contributed by atoms with Crippen LogP contribution in [0.1, 0.15) is 29.3 Å². The summed E-state index contributed by atoms with van der Waals surface area (Å²) in [6.45, 7) is 4.58. The highest BCUT2D eigenvalue weighted by Gasteiger charge is 2.19. The number of para-hydroxylation sites is 2. The Kier molecular flexibility index (Phi) is 4.35. The van der Waals surface area contributed by atoms with Crippen LogP contribution in [0.2, 0.25) is 0 Å². The van der Waals surface area contributed by atoms with E-state index in [9.17, 15) is 4.79 Å². The SMILES string of the molecule is CCCN(C(=O)c1cncc(C)c1)c1ccccc1N. The van der Waals surface area contributed by atoms with Gasteiger partial charge in [0.25, 0.3) is 5.91 Å². The molecular weight excluding hydrogens is 250 g/mol. The van der Waals surface area contributed by atoms with Crippen LogP contribution >= 0.6 is 0 Å². The van der Waals surface area contributed by atoms with E-state index >= 15 is 0 Å². The van der Waals surface area contributed by atoms with Crippen molar-refractivity contribution in [2.45, 2.75) is 20.3 Å². The fourth-order valence-corrected chi connectivity index (χ4v) is 2.12. The summed E-state index contributed by atoms with van der Waals surface area (Å²) in [5.74, 6) is -0.0686. The number of nitrogens with two attached hydrogens (primary N) is 1. The van der Waals surface area contributed by atoms with E-state index in [2.05, 4.69) is 4.98 Å². The topological polar surface area (TPSA) is 59.2 Å². The molecule has 104 valence electrons. The van der Waals surface area contributed by atoms with E-state index < -0.39 is 0 Å². The number of hydrogen-bond acceptors (Lipinski definition) is 3. The van der Waals surface area contributed by atoms with Gasteiger partial charge in [0.1, 0.15) is 0 Å². The maximum absolute atomic E-state index is 12.7. The molecule has 0 fully saturated rings. The Hall–Kier alpha value is -2.36. The predicted molar refractivity (Wildman–Crippen MR) is 81.8 cm³/mol. The lowest BCUT2D eigenvalue weighted by Crippen LogP contribution is -2.32. The highest BCUT2D eigenvalue weighted by Crippen LogP contribution is 2.24. The van der Waals surface area contributed by atoms with Gasteiger partial charge in [-0.3, -0.25) is 9.78 Å². The average molecular weight is 269 g/mol. The molecule has 2 aromatic rings. The number of nitrogens with zero attached hydrogens (tertiary/aromatic N) is 2. The Labute approximate surface area is 119 Å². The van der Waals surface area contributed by atoms with Gasteiger partial charge in [0.15, 0.2) is 0 Å². The van der Waals surface area contributed by atoms with Gasteiger partial charge in [-0.15, -0.1) is 0 Å². The lowest BCUT2D eigenvalue weighted by molar-refractivity contribution is 0.0986. The third kappa shape index (κ3) is 2.96. The van der Waals surface area contributed by atoms with Gasteiger partial charge in [0.2, 0.25) is 0 Å². The van der Waals surface area contributed by atoms with Crippen LogP contribution in [-0.4, -0.2) is 17.4 Å². The molecule has 0 aliphatic carbocycles. The Morgan fingerprint density at radius 3 is 2.70 bits per heavy atom. The normalized spacial score (nSPS) is 10.3. The fourth-order valence-electron chi connectivity index (χ4n) is 2.12. The summed E-state index contributed by atoms with van der Waals surface area (Å²) in [6, 6.07) is 9.26. The van der Waals surface area contributed by atoms with Crippen molar-refractivity contribution < 1.29 is 4.79 Å². The molecule has 20 heavy (non-hydrogen) atoms. The number of amides is 1. The molecule has 2 rings (SSSR count). The smallest absolute Gasteiger partial charge is 0.259 e. The second-order valence-corrected chi connectivity index (χ2v) is 4.77. The number of anilines is 2. The number of pyridine rings is 1. The highest BCUT2D eigenvalue weighted by molar-refractivity contribution is 6.07. The monoisotopic (exact) mass is 269 g/mol. The van der Waals surface area contributed by atoms with Gasteiger partial charge in [-0.05, 0) is 37.1 Å². The molecule has 2 N–H and O–H groups in total. The van der Waals surface area contributed by atoms with Gasteiger partial charge in [-0.25, -0.2) is 0 Å². The van der Waals surface area contributed by atoms with Crippen LogP contribution in [0, 0.1) is 6.92 Å². The Morgan fingerprint density at radius 1 is 1.30 bits per heavy atom. The van der Waals surface area contributed by atoms with Crippen LogP contribution in [0.25, 0.3) is 0 Å². The fraction of sp³-hybridized carbons (Fsp3) is 0.250. The van der Waals surface area contributed by atoms with Crippen molar-refractivity contribution in [1.82, 2.24) is 4.98 Å². The molecule has 1 heterocycles. The zero-order valence-corrected chi connectivity index (χ0v) is 11.8. The zero-order valence-electron chi connectivity index (χ0n) is 11.8. The molecule has 0 bridgehead atoms. The summed E-state index contributed by atoms with van der Waals surface area (Å²) in [4.78, 5) is 18.5. The van der Waals surface area contributed by atoms with Gasteiger partial charge in [0.05, 0.1) is 16.9 Å². The molecule has 0 aliphatic rings. The number of nitrogen functional groups attached to an aromatic ring is 1. The van der Waals surface area contributed by atoms with Gasteiger partial charge in [-0.2, -0.15) is 0 Å². The van der Waals surface area contributed by atoms with E-state index in [1.165, 1.54) is 0 Å². The molecule has 1 aromatic carbocycles. The number of carbonyl (C=O) groups is 1. The van der Waals surface area contributed by atoms with Crippen molar-refractivity contribution in [3.63, 3.8) is 0 Å². The second-order valence-electron chi connectivity index (χ2n) is 4.77. The van der Waals surface area contributed by atoms with Crippen LogP contribution in [-0.2, 0) is 0 Å². The minimum atomic E-state index is -0.0686. The quantitative estimate of drug-likeness (QED) is 0.868. The van der Waals surface area contributed by atoms with Crippen LogP contribution < -0.4 is 10.6 Å². The number of carbonyl (C=O) groups excluding carboxylic acids is 1. The van der Waals surface area contributed by atoms with Gasteiger partial charge in [0, 0.05) is 18.9 Å². The van der Waals surface area contributed by atoms with Gasteiger partial charge in [-0.1, -0.05) is 19.1 Å². The summed E-state index contributed by atoms with van der Waals surface area (Å²) in [7, 11) is 0. The molecule has 0 spiro atoms. The van der Waals surface area contributed by atoms with Crippen molar-refractivity contribution in [3.8, 4) is 0 Å². The summed E-state index contributed by atoms with van der Waals surface area (Å²) >= 11 is 0. The van der Waals surface area contributed by atoms with Crippen LogP contribution in [0.15, 0.2) is 42.7 Å². The maximum Gasteiger partial charge on any atom is 0.259 e. The Morgan fingerprint density at radius 2 is 2.05 bits per heavy atom. The molecular formula is C16H19N3O. The first-order valence-corrected chi connectivity index (χ1v) is 6.71. The van der Waals surface area contributed by atoms with E-state index in [0.717, 1.165) is 17.7 Å². The van der Waals surface area contributed by atoms with Gasteiger partial charge < -0.3 is 10.6 Å². The first-order chi connectivity index (χ1) is 9.63. The number of rotatable bonds is 4. The minimum absolute atomic E-state index is 0.0686. The van der Waals surface area contributed by atoms with Crippen LogP contribution in [0.5, 0.6) is 0 Å². The number of aryl methyl sites for hydroxylation is 1. The third-order valence-corrected chi connectivity index (χ3v) is 3.04. The summed E-state index contributed by atoms with van der Waals surface area (Å²) in [5.41, 5.74) is 8.90. The van der Waals surface area contributed by atoms with Gasteiger partial charge >= 0.3 is 0 Å². The number of hydrogen-bond donors (Lipinski definition) is 1. The van der Waals surface area contributed by atoms with Crippen molar-refractivity contribution in [1.29, 1.82) is 0 Å². The first-order valence-electron chi connectivity index (χ1n) is 6.71. The highest BCUT2D eigenvalue weighted by atomic mass is 16.2. The molecule has 4 nitrogen and oxygen atoms in total. The third-order valence-electron chi connectivity index (χ3n) is 3.04. The van der Waals surface area contributed by atoms with Crippen molar-refractivity contribution in [2.24, 2.45) is 0 Å². The van der Waals surface area contributed by atoms with E-state index in [4.69, 9.17) is 5.73 Å². The lowest BCUT2D eigenvalue weighted by atomic mass is 10.1. The van der Waals surface area contributed by atoms with Crippen molar-refractivity contribution >= 4 is 17.3 Å². The average Bonchev–Trinajstić information content (AvgIpc) is 2.45. The van der Waals surface area contributed by atoms with Crippen LogP contribution in [0.4, 0.5) is 11.4 Å². The largest absolute Gasteiger partial charge is 0.397 e. The lowest BCUT2D eigenvalue weighted by Gasteiger charge is -2.23. The van der Waals surface area contributed by atoms with E-state index in [0.29, 0.717) is 17.8 Å². The minimum Gasteiger partial charge on any atom is -0.397 e. The predicted octanol–water partition coefficient (Wildman–Crippen LogP) is 3.03. The zero-order chi connectivity index (χ0) is 14.5. The first kappa shape index (κ1) is 14.1. The van der Waals surface area contributed by atoms with E-state index in [-0.39, 0.29) is 5.91 Å². The Balaban J connectivity index is 2.39. The second kappa shape index (κ2) is 6.19. The molecule has 0 aliphatic heterocycles. The standard InChI is InChI=1S/C16H19N3O/c1-3-8-19(15-7-5-4-6-14(15)17)16(20)13-9-12(2)10-18-11-13/h4-7,9-11H,3,8,17H2,1-2H3. The molecule has 0 unspecified atom stereocenters. The van der Waals surface area contributed by atoms with E-state index in [1.54, 1.807) is 23.4 Å². The van der Waals surface area contributed by atoms with Crippen molar-refractivity contribution in [3.05, 3.63) is 53.9 Å². The molecule has 0 atom stereocenters. The van der Waals surface area contributed by atoms with E-state index in [1.807, 2.05) is 38.1 Å². The Bertz CT molecular complexity index is 610. The molecule has 0 radical (unpaired) electrons. The molecule has 1 amide bonds. The molecule has 4 heteroatoms. The molecule has 0 saturated carbocycles. The molecule has 1 aromatic heterocycles. The molecule has 0 saturated heterocycles. The maximum atomic E-state index is 12.7. The number of benzene rings is 1. The summed E-state index contributed by atoms with van der Waals surface area (Å²) in [6.07, 6.45) is 4.19. The van der Waals surface area contributed by atoms with Crippen LogP contribution in [0.3, 0.4) is 0 Å². The van der Waals surface area contributed by atoms with Crippen molar-refractivity contribution in [2.75, 3.05) is 17.2 Å².